The van der Waals surface area contributed by atoms with Crippen molar-refractivity contribution in [3.8, 4) is 11.5 Å². The molecule has 0 spiro atoms. The first-order valence-electron chi connectivity index (χ1n) is 6.38. The van der Waals surface area contributed by atoms with Gasteiger partial charge in [-0.2, -0.15) is 0 Å². The van der Waals surface area contributed by atoms with Crippen LogP contribution >= 0.6 is 0 Å². The van der Waals surface area contributed by atoms with Crippen molar-refractivity contribution in [2.45, 2.75) is 6.61 Å². The molecule has 3 rings (SSSR count). The molecule has 0 atom stereocenters. The molecule has 5 nitrogen and oxygen atoms in total. The fourth-order valence-electron chi connectivity index (χ4n) is 2.14. The van der Waals surface area contributed by atoms with Gasteiger partial charge in [0.1, 0.15) is 18.1 Å². The van der Waals surface area contributed by atoms with E-state index in [2.05, 4.69) is 4.98 Å². The standard InChI is InChI=1S/C16H13NO4/c18-13-2-1-3-14(8-13)21-9-12-7-11-6-10(16(19)20)4-5-15(11)17-12/h1-8,17-18H,9H2,(H,19,20). The Bertz CT molecular complexity index is 807. The number of ether oxygens (including phenoxy) is 1. The van der Waals surface area contributed by atoms with Crippen molar-refractivity contribution >= 4 is 16.9 Å². The van der Waals surface area contributed by atoms with Gasteiger partial charge < -0.3 is 19.9 Å². The van der Waals surface area contributed by atoms with E-state index in [1.165, 1.54) is 6.07 Å². The molecule has 0 saturated heterocycles. The maximum atomic E-state index is 10.9. The quantitative estimate of drug-likeness (QED) is 0.687. The summed E-state index contributed by atoms with van der Waals surface area (Å²) in [6, 6.07) is 13.3. The predicted molar refractivity (Wildman–Crippen MR) is 77.7 cm³/mol. The first kappa shape index (κ1) is 13.1. The van der Waals surface area contributed by atoms with Crippen molar-refractivity contribution in [2.75, 3.05) is 0 Å². The molecule has 3 aromatic rings. The van der Waals surface area contributed by atoms with Gasteiger partial charge in [-0.25, -0.2) is 4.79 Å². The highest BCUT2D eigenvalue weighted by molar-refractivity contribution is 5.93. The van der Waals surface area contributed by atoms with Gasteiger partial charge in [-0.05, 0) is 36.4 Å². The summed E-state index contributed by atoms with van der Waals surface area (Å²) in [5, 5.41) is 19.2. The second-order valence-corrected chi connectivity index (χ2v) is 4.69. The molecule has 1 aromatic heterocycles. The summed E-state index contributed by atoms with van der Waals surface area (Å²) < 4.78 is 5.57. The van der Waals surface area contributed by atoms with Crippen molar-refractivity contribution in [1.82, 2.24) is 4.98 Å². The van der Waals surface area contributed by atoms with Gasteiger partial charge in [-0.15, -0.1) is 0 Å². The molecule has 106 valence electrons. The van der Waals surface area contributed by atoms with E-state index in [9.17, 15) is 9.90 Å². The van der Waals surface area contributed by atoms with Crippen LogP contribution in [0.15, 0.2) is 48.5 Å². The average molecular weight is 283 g/mol. The molecule has 0 unspecified atom stereocenters. The summed E-state index contributed by atoms with van der Waals surface area (Å²) in [7, 11) is 0. The molecule has 0 fully saturated rings. The zero-order valence-electron chi connectivity index (χ0n) is 11.0. The van der Waals surface area contributed by atoms with E-state index < -0.39 is 5.97 Å². The summed E-state index contributed by atoms with van der Waals surface area (Å²) in [5.74, 6) is -0.231. The number of H-pyrrole nitrogens is 1. The first-order chi connectivity index (χ1) is 10.1. The number of carboxylic acids is 1. The lowest BCUT2D eigenvalue weighted by atomic mass is 10.1. The zero-order chi connectivity index (χ0) is 14.8. The maximum Gasteiger partial charge on any atom is 0.335 e. The lowest BCUT2D eigenvalue weighted by Crippen LogP contribution is -1.95. The van der Waals surface area contributed by atoms with E-state index >= 15 is 0 Å². The number of aromatic amines is 1. The van der Waals surface area contributed by atoms with Crippen LogP contribution in [0.25, 0.3) is 10.9 Å². The van der Waals surface area contributed by atoms with Gasteiger partial charge in [-0.3, -0.25) is 0 Å². The van der Waals surface area contributed by atoms with Crippen molar-refractivity contribution in [3.05, 3.63) is 59.8 Å². The minimum absolute atomic E-state index is 0.148. The van der Waals surface area contributed by atoms with Gasteiger partial charge in [0.25, 0.3) is 0 Å². The monoisotopic (exact) mass is 283 g/mol. The fourth-order valence-corrected chi connectivity index (χ4v) is 2.14. The molecule has 0 bridgehead atoms. The Balaban J connectivity index is 1.80. The Morgan fingerprint density at radius 3 is 2.76 bits per heavy atom. The molecule has 21 heavy (non-hydrogen) atoms. The van der Waals surface area contributed by atoms with Crippen LogP contribution in [0.2, 0.25) is 0 Å². The van der Waals surface area contributed by atoms with Gasteiger partial charge in [0.2, 0.25) is 0 Å². The molecule has 0 radical (unpaired) electrons. The summed E-state index contributed by atoms with van der Waals surface area (Å²) in [4.78, 5) is 14.1. The Hall–Kier alpha value is -2.95. The van der Waals surface area contributed by atoms with Crippen molar-refractivity contribution in [3.63, 3.8) is 0 Å². The van der Waals surface area contributed by atoms with Crippen molar-refractivity contribution in [1.29, 1.82) is 0 Å². The number of rotatable bonds is 4. The Morgan fingerprint density at radius 2 is 2.00 bits per heavy atom. The van der Waals surface area contributed by atoms with Crippen LogP contribution < -0.4 is 4.74 Å². The highest BCUT2D eigenvalue weighted by Crippen LogP contribution is 2.21. The Morgan fingerprint density at radius 1 is 1.14 bits per heavy atom. The zero-order valence-corrected chi connectivity index (χ0v) is 11.0. The number of hydrogen-bond acceptors (Lipinski definition) is 3. The number of nitrogens with one attached hydrogen (secondary N) is 1. The van der Waals surface area contributed by atoms with E-state index in [0.29, 0.717) is 12.4 Å². The molecule has 5 heteroatoms. The number of hydrogen-bond donors (Lipinski definition) is 3. The number of benzene rings is 2. The molecular weight excluding hydrogens is 270 g/mol. The van der Waals surface area contributed by atoms with Gasteiger partial charge in [0.05, 0.1) is 11.3 Å². The molecular formula is C16H13NO4. The van der Waals surface area contributed by atoms with E-state index in [4.69, 9.17) is 9.84 Å². The molecule has 1 heterocycles. The summed E-state index contributed by atoms with van der Waals surface area (Å²) >= 11 is 0. The lowest BCUT2D eigenvalue weighted by Gasteiger charge is -2.04. The van der Waals surface area contributed by atoms with Crippen LogP contribution in [0.4, 0.5) is 0 Å². The minimum atomic E-state index is -0.948. The van der Waals surface area contributed by atoms with Crippen molar-refractivity contribution in [2.24, 2.45) is 0 Å². The largest absolute Gasteiger partial charge is 0.508 e. The maximum absolute atomic E-state index is 10.9. The number of phenols is 1. The second-order valence-electron chi connectivity index (χ2n) is 4.69. The number of fused-ring (bicyclic) bond motifs is 1. The van der Waals surface area contributed by atoms with Gasteiger partial charge in [0, 0.05) is 17.0 Å². The molecule has 0 aliphatic carbocycles. The smallest absolute Gasteiger partial charge is 0.335 e. The lowest BCUT2D eigenvalue weighted by molar-refractivity contribution is 0.0697. The topological polar surface area (TPSA) is 82.5 Å². The first-order valence-corrected chi connectivity index (χ1v) is 6.38. The van der Waals surface area contributed by atoms with E-state index in [-0.39, 0.29) is 11.3 Å². The number of aromatic nitrogens is 1. The Labute approximate surface area is 120 Å². The third-order valence-electron chi connectivity index (χ3n) is 3.14. The fraction of sp³-hybridized carbons (Fsp3) is 0.0625. The minimum Gasteiger partial charge on any atom is -0.508 e. The van der Waals surface area contributed by atoms with Crippen LogP contribution in [-0.4, -0.2) is 21.2 Å². The highest BCUT2D eigenvalue weighted by Gasteiger charge is 2.07. The predicted octanol–water partition coefficient (Wildman–Crippen LogP) is 3.15. The van der Waals surface area contributed by atoms with Crippen molar-refractivity contribution < 1.29 is 19.7 Å². The summed E-state index contributed by atoms with van der Waals surface area (Å²) in [6.07, 6.45) is 0. The van der Waals surface area contributed by atoms with Gasteiger partial charge in [-0.1, -0.05) is 6.07 Å². The molecule has 0 saturated carbocycles. The van der Waals surface area contributed by atoms with Gasteiger partial charge in [0.15, 0.2) is 0 Å². The van der Waals surface area contributed by atoms with E-state index in [1.54, 1.807) is 36.4 Å². The average Bonchev–Trinajstić information content (AvgIpc) is 2.87. The number of carboxylic acid groups (broad SMARTS) is 1. The summed E-state index contributed by atoms with van der Waals surface area (Å²) in [5.41, 5.74) is 1.94. The van der Waals surface area contributed by atoms with E-state index in [0.717, 1.165) is 16.6 Å². The second kappa shape index (κ2) is 5.20. The van der Waals surface area contributed by atoms with Crippen LogP contribution in [-0.2, 0) is 6.61 Å². The highest BCUT2D eigenvalue weighted by atomic mass is 16.5. The number of phenolic OH excluding ortho intramolecular Hbond substituents is 1. The summed E-state index contributed by atoms with van der Waals surface area (Å²) in [6.45, 7) is 0.306. The third kappa shape index (κ3) is 2.81. The normalized spacial score (nSPS) is 10.7. The SMILES string of the molecule is O=C(O)c1ccc2[nH]c(COc3cccc(O)c3)cc2c1. The molecule has 3 N–H and O–H groups in total. The Kier molecular flexibility index (Phi) is 3.23. The molecule has 0 amide bonds. The van der Waals surface area contributed by atoms with Gasteiger partial charge >= 0.3 is 5.97 Å². The van der Waals surface area contributed by atoms with Crippen LogP contribution in [0.1, 0.15) is 16.1 Å². The van der Waals surface area contributed by atoms with Crippen LogP contribution in [0.5, 0.6) is 11.5 Å². The third-order valence-corrected chi connectivity index (χ3v) is 3.14. The molecule has 0 aliphatic heterocycles. The number of aromatic carboxylic acids is 1. The number of carbonyl (C=O) groups is 1. The number of aromatic hydroxyl groups is 1. The molecule has 0 aliphatic rings. The van der Waals surface area contributed by atoms with Crippen LogP contribution in [0.3, 0.4) is 0 Å². The van der Waals surface area contributed by atoms with E-state index in [1.807, 2.05) is 6.07 Å². The van der Waals surface area contributed by atoms with Crippen LogP contribution in [0, 0.1) is 0 Å². The molecule has 2 aromatic carbocycles.